The average molecular weight is 570 g/mol. The molecule has 31 heavy (non-hydrogen) atoms. The maximum atomic E-state index is 10.8. The standard InChI is InChI=1S/C22H20Br2ClN3O3/c23-18-10-16(11-19(24)22(18)31-14-15-4-2-1-3-5-15)13-26-8-9-27-21-7-6-17(28(29)30)12-20(21)25/h1-7,10-12,26-27H,8-9,13-14H2. The van der Waals surface area contributed by atoms with E-state index in [0.717, 1.165) is 25.8 Å². The van der Waals surface area contributed by atoms with Gasteiger partial charge in [-0.2, -0.15) is 0 Å². The molecule has 0 aliphatic heterocycles. The highest BCUT2D eigenvalue weighted by atomic mass is 79.9. The minimum absolute atomic E-state index is 0.0268. The Morgan fingerprint density at radius 3 is 2.32 bits per heavy atom. The van der Waals surface area contributed by atoms with Crippen LogP contribution in [0.2, 0.25) is 5.02 Å². The first-order valence-electron chi connectivity index (χ1n) is 9.47. The fraction of sp³-hybridized carbons (Fsp3) is 0.182. The highest BCUT2D eigenvalue weighted by Gasteiger charge is 2.10. The van der Waals surface area contributed by atoms with Crippen molar-refractivity contribution in [1.29, 1.82) is 0 Å². The van der Waals surface area contributed by atoms with Crippen molar-refractivity contribution in [3.63, 3.8) is 0 Å². The van der Waals surface area contributed by atoms with Crippen LogP contribution in [0.3, 0.4) is 0 Å². The number of nitro benzene ring substituents is 1. The van der Waals surface area contributed by atoms with E-state index in [1.54, 1.807) is 6.07 Å². The predicted octanol–water partition coefficient (Wildman–Crippen LogP) is 6.55. The molecule has 162 valence electrons. The Labute approximate surface area is 202 Å². The smallest absolute Gasteiger partial charge is 0.271 e. The first-order chi connectivity index (χ1) is 14.9. The number of anilines is 1. The Bertz CT molecular complexity index is 1030. The first-order valence-corrected chi connectivity index (χ1v) is 11.4. The van der Waals surface area contributed by atoms with Crippen LogP contribution >= 0.6 is 43.5 Å². The van der Waals surface area contributed by atoms with Gasteiger partial charge in [-0.3, -0.25) is 10.1 Å². The molecule has 0 saturated heterocycles. The summed E-state index contributed by atoms with van der Waals surface area (Å²) in [5.74, 6) is 0.766. The van der Waals surface area contributed by atoms with Crippen LogP contribution in [-0.4, -0.2) is 18.0 Å². The number of nitro groups is 1. The van der Waals surface area contributed by atoms with Crippen molar-refractivity contribution in [1.82, 2.24) is 5.32 Å². The molecular weight excluding hydrogens is 550 g/mol. The molecule has 0 aliphatic rings. The number of halogens is 3. The van der Waals surface area contributed by atoms with E-state index in [4.69, 9.17) is 16.3 Å². The zero-order valence-electron chi connectivity index (χ0n) is 16.4. The lowest BCUT2D eigenvalue weighted by atomic mass is 10.2. The van der Waals surface area contributed by atoms with Crippen LogP contribution < -0.4 is 15.4 Å². The third-order valence-corrected chi connectivity index (χ3v) is 5.88. The summed E-state index contributed by atoms with van der Waals surface area (Å²) in [6, 6.07) is 18.4. The molecule has 0 aromatic heterocycles. The van der Waals surface area contributed by atoms with Crippen LogP contribution in [-0.2, 0) is 13.2 Å². The second-order valence-electron chi connectivity index (χ2n) is 6.69. The molecule has 3 aromatic rings. The van der Waals surface area contributed by atoms with Crippen molar-refractivity contribution in [3.05, 3.63) is 95.9 Å². The molecule has 0 heterocycles. The van der Waals surface area contributed by atoms with E-state index in [2.05, 4.69) is 42.5 Å². The Hall–Kier alpha value is -2.13. The highest BCUT2D eigenvalue weighted by molar-refractivity contribution is 9.11. The molecule has 9 heteroatoms. The van der Waals surface area contributed by atoms with Crippen molar-refractivity contribution in [2.45, 2.75) is 13.2 Å². The Morgan fingerprint density at radius 1 is 0.968 bits per heavy atom. The zero-order chi connectivity index (χ0) is 22.2. The molecule has 3 aromatic carbocycles. The van der Waals surface area contributed by atoms with Crippen LogP contribution in [0.4, 0.5) is 11.4 Å². The number of ether oxygens (including phenoxy) is 1. The van der Waals surface area contributed by atoms with Gasteiger partial charge in [-0.25, -0.2) is 0 Å². The number of nitrogens with one attached hydrogen (secondary N) is 2. The SMILES string of the molecule is O=[N+]([O-])c1ccc(NCCNCc2cc(Br)c(OCc3ccccc3)c(Br)c2)c(Cl)c1. The van der Waals surface area contributed by atoms with Gasteiger partial charge < -0.3 is 15.4 Å². The van der Waals surface area contributed by atoms with Gasteiger partial charge in [-0.1, -0.05) is 41.9 Å². The van der Waals surface area contributed by atoms with Gasteiger partial charge in [0.05, 0.1) is 24.6 Å². The minimum atomic E-state index is -0.467. The summed E-state index contributed by atoms with van der Waals surface area (Å²) < 4.78 is 7.72. The third-order valence-electron chi connectivity index (χ3n) is 4.39. The van der Waals surface area contributed by atoms with E-state index in [1.807, 2.05) is 42.5 Å². The van der Waals surface area contributed by atoms with E-state index in [1.165, 1.54) is 12.1 Å². The van der Waals surface area contributed by atoms with Crippen LogP contribution in [0.1, 0.15) is 11.1 Å². The molecule has 3 rings (SSSR count). The second-order valence-corrected chi connectivity index (χ2v) is 8.80. The molecule has 0 aliphatic carbocycles. The van der Waals surface area contributed by atoms with Gasteiger partial charge in [0.15, 0.2) is 0 Å². The van der Waals surface area contributed by atoms with Crippen LogP contribution in [0, 0.1) is 10.1 Å². The minimum Gasteiger partial charge on any atom is -0.487 e. The van der Waals surface area contributed by atoms with Gasteiger partial charge in [0.1, 0.15) is 12.4 Å². The number of non-ortho nitro benzene ring substituents is 1. The van der Waals surface area contributed by atoms with Crippen molar-refractivity contribution < 1.29 is 9.66 Å². The van der Waals surface area contributed by atoms with Crippen LogP contribution in [0.25, 0.3) is 0 Å². The number of hydrogen-bond donors (Lipinski definition) is 2. The molecule has 0 spiro atoms. The summed E-state index contributed by atoms with van der Waals surface area (Å²) in [5, 5.41) is 17.6. The van der Waals surface area contributed by atoms with Crippen molar-refractivity contribution in [2.24, 2.45) is 0 Å². The molecule has 0 atom stereocenters. The monoisotopic (exact) mass is 567 g/mol. The quantitative estimate of drug-likeness (QED) is 0.164. The lowest BCUT2D eigenvalue weighted by molar-refractivity contribution is -0.384. The first kappa shape index (κ1) is 23.5. The second kappa shape index (κ2) is 11.5. The Balaban J connectivity index is 1.47. The van der Waals surface area contributed by atoms with E-state index >= 15 is 0 Å². The fourth-order valence-electron chi connectivity index (χ4n) is 2.86. The molecule has 0 radical (unpaired) electrons. The molecule has 0 saturated carbocycles. The van der Waals surface area contributed by atoms with Gasteiger partial charge in [0.25, 0.3) is 5.69 Å². The fourth-order valence-corrected chi connectivity index (χ4v) is 4.61. The maximum Gasteiger partial charge on any atom is 0.271 e. The number of hydrogen-bond acceptors (Lipinski definition) is 5. The van der Waals surface area contributed by atoms with Gasteiger partial charge in [-0.05, 0) is 61.2 Å². The molecular formula is C22H20Br2ClN3O3. The molecule has 0 amide bonds. The number of rotatable bonds is 10. The van der Waals surface area contributed by atoms with Crippen LogP contribution in [0.15, 0.2) is 69.6 Å². The molecule has 2 N–H and O–H groups in total. The summed E-state index contributed by atoms with van der Waals surface area (Å²) in [4.78, 5) is 10.3. The topological polar surface area (TPSA) is 76.4 Å². The summed E-state index contributed by atoms with van der Waals surface area (Å²) in [5.41, 5.74) is 2.84. The summed E-state index contributed by atoms with van der Waals surface area (Å²) >= 11 is 13.3. The highest BCUT2D eigenvalue weighted by Crippen LogP contribution is 2.35. The van der Waals surface area contributed by atoms with Gasteiger partial charge in [0.2, 0.25) is 0 Å². The largest absolute Gasteiger partial charge is 0.487 e. The average Bonchev–Trinajstić information content (AvgIpc) is 2.74. The van der Waals surface area contributed by atoms with E-state index < -0.39 is 4.92 Å². The third kappa shape index (κ3) is 6.93. The maximum absolute atomic E-state index is 10.8. The summed E-state index contributed by atoms with van der Waals surface area (Å²) in [7, 11) is 0. The number of nitrogens with zero attached hydrogens (tertiary/aromatic N) is 1. The van der Waals surface area contributed by atoms with E-state index in [-0.39, 0.29) is 5.69 Å². The molecule has 0 fully saturated rings. The normalized spacial score (nSPS) is 10.7. The summed E-state index contributed by atoms with van der Waals surface area (Å²) in [6.07, 6.45) is 0. The molecule has 0 unspecified atom stereocenters. The van der Waals surface area contributed by atoms with Gasteiger partial charge >= 0.3 is 0 Å². The van der Waals surface area contributed by atoms with E-state index in [0.29, 0.717) is 37.0 Å². The molecule has 0 bridgehead atoms. The van der Waals surface area contributed by atoms with Gasteiger partial charge in [0, 0.05) is 31.8 Å². The Morgan fingerprint density at radius 2 is 1.68 bits per heavy atom. The van der Waals surface area contributed by atoms with Gasteiger partial charge in [-0.15, -0.1) is 0 Å². The van der Waals surface area contributed by atoms with Crippen molar-refractivity contribution in [2.75, 3.05) is 18.4 Å². The Kier molecular flexibility index (Phi) is 8.71. The zero-order valence-corrected chi connectivity index (χ0v) is 20.3. The lowest BCUT2D eigenvalue weighted by Crippen LogP contribution is -2.22. The van der Waals surface area contributed by atoms with E-state index in [9.17, 15) is 10.1 Å². The van der Waals surface area contributed by atoms with Crippen molar-refractivity contribution in [3.8, 4) is 5.75 Å². The lowest BCUT2D eigenvalue weighted by Gasteiger charge is -2.13. The van der Waals surface area contributed by atoms with Crippen molar-refractivity contribution >= 4 is 54.8 Å². The number of benzene rings is 3. The summed E-state index contributed by atoms with van der Waals surface area (Å²) in [6.45, 7) is 2.48. The van der Waals surface area contributed by atoms with Crippen LogP contribution in [0.5, 0.6) is 5.75 Å². The predicted molar refractivity (Wildman–Crippen MR) is 131 cm³/mol. The molecule has 6 nitrogen and oxygen atoms in total.